The van der Waals surface area contributed by atoms with E-state index in [-0.39, 0.29) is 23.9 Å². The summed E-state index contributed by atoms with van der Waals surface area (Å²) in [6, 6.07) is 14.8. The van der Waals surface area contributed by atoms with Gasteiger partial charge in [-0.15, -0.1) is 11.3 Å². The van der Waals surface area contributed by atoms with E-state index in [1.165, 1.54) is 11.3 Å². The zero-order chi connectivity index (χ0) is 25.0. The number of carbonyl (C=O) groups is 2. The van der Waals surface area contributed by atoms with Gasteiger partial charge in [0.15, 0.2) is 0 Å². The third-order valence-corrected chi connectivity index (χ3v) is 8.70. The average molecular weight is 537 g/mol. The van der Waals surface area contributed by atoms with Gasteiger partial charge in [0, 0.05) is 24.2 Å². The number of hydrogen-bond acceptors (Lipinski definition) is 5. The second-order valence-corrected chi connectivity index (χ2v) is 11.3. The van der Waals surface area contributed by atoms with Gasteiger partial charge in [0.1, 0.15) is 5.69 Å². The summed E-state index contributed by atoms with van der Waals surface area (Å²) in [5.41, 5.74) is 2.45. The predicted molar refractivity (Wildman–Crippen MR) is 143 cm³/mol. The normalized spacial score (nSPS) is 20.4. The first-order valence-corrected chi connectivity index (χ1v) is 13.4. The molecule has 2 aliphatic rings. The molecule has 1 saturated heterocycles. The van der Waals surface area contributed by atoms with Crippen molar-refractivity contribution in [2.24, 2.45) is 5.92 Å². The molecule has 2 fully saturated rings. The van der Waals surface area contributed by atoms with Crippen LogP contribution in [0.15, 0.2) is 54.7 Å². The number of pyridine rings is 1. The lowest BCUT2D eigenvalue weighted by Gasteiger charge is -2.27. The fourth-order valence-corrected chi connectivity index (χ4v) is 6.38. The molecule has 2 amide bonds. The van der Waals surface area contributed by atoms with Gasteiger partial charge in [-0.2, -0.15) is 0 Å². The molecule has 2 aromatic heterocycles. The zero-order valence-electron chi connectivity index (χ0n) is 19.4. The third kappa shape index (κ3) is 4.15. The molecule has 1 aliphatic heterocycles. The Balaban J connectivity index is 1.24. The number of likely N-dealkylation sites (tertiary alicyclic amines) is 1. The molecule has 2 aromatic carbocycles. The summed E-state index contributed by atoms with van der Waals surface area (Å²) in [5, 5.41) is 5.67. The van der Waals surface area contributed by atoms with Crippen LogP contribution in [0.5, 0.6) is 0 Å². The van der Waals surface area contributed by atoms with Crippen molar-refractivity contribution >= 4 is 57.3 Å². The Morgan fingerprint density at radius 3 is 2.78 bits per heavy atom. The SMILES string of the molecule is Cc1nc(C(=O)N2[C@H](CNC(=O)c3cccc4cccnc34)C[C@@H]3C[C@@H]32)c(-c2ccc(Cl)c(Cl)c2)s1. The molecule has 36 heavy (non-hydrogen) atoms. The van der Waals surface area contributed by atoms with E-state index in [1.54, 1.807) is 24.4 Å². The van der Waals surface area contributed by atoms with Gasteiger partial charge in [0.05, 0.1) is 37.1 Å². The lowest BCUT2D eigenvalue weighted by Crippen LogP contribution is -2.45. The van der Waals surface area contributed by atoms with E-state index >= 15 is 0 Å². The van der Waals surface area contributed by atoms with Gasteiger partial charge in [0.25, 0.3) is 11.8 Å². The number of aromatic nitrogens is 2. The Kier molecular flexibility index (Phi) is 5.94. The number of piperidine rings is 1. The van der Waals surface area contributed by atoms with E-state index in [9.17, 15) is 9.59 Å². The van der Waals surface area contributed by atoms with Crippen molar-refractivity contribution in [1.29, 1.82) is 0 Å². The minimum atomic E-state index is -0.187. The lowest BCUT2D eigenvalue weighted by atomic mass is 10.1. The minimum absolute atomic E-state index is 0.0863. The standard InChI is InChI=1S/C27H22Cl2N4O2S/c1-14-32-24(25(36-14)16-7-8-20(28)21(29)11-16)27(35)33-18(10-17-12-22(17)33)13-31-26(34)19-6-2-4-15-5-3-9-30-23(15)19/h2-9,11,17-18,22H,10,12-13H2,1H3,(H,31,34)/t17-,18+,22+/m1/s1. The maximum atomic E-state index is 13.8. The second kappa shape index (κ2) is 9.14. The van der Waals surface area contributed by atoms with E-state index < -0.39 is 0 Å². The number of fused-ring (bicyclic) bond motifs is 2. The monoisotopic (exact) mass is 536 g/mol. The molecule has 0 radical (unpaired) electrons. The van der Waals surface area contributed by atoms with Crippen molar-refractivity contribution in [3.63, 3.8) is 0 Å². The fourth-order valence-electron chi connectivity index (χ4n) is 5.18. The first-order valence-electron chi connectivity index (χ1n) is 11.8. The van der Waals surface area contributed by atoms with Gasteiger partial charge in [-0.1, -0.05) is 47.5 Å². The molecule has 1 aliphatic carbocycles. The van der Waals surface area contributed by atoms with E-state index in [4.69, 9.17) is 23.2 Å². The summed E-state index contributed by atoms with van der Waals surface area (Å²) in [4.78, 5) is 38.6. The maximum absolute atomic E-state index is 13.8. The van der Waals surface area contributed by atoms with Gasteiger partial charge < -0.3 is 10.2 Å². The molecular formula is C27H22Cl2N4O2S. The molecule has 0 spiro atoms. The Bertz CT molecular complexity index is 1520. The molecule has 6 rings (SSSR count). The topological polar surface area (TPSA) is 75.2 Å². The zero-order valence-corrected chi connectivity index (χ0v) is 21.7. The van der Waals surface area contributed by atoms with Crippen LogP contribution in [-0.4, -0.2) is 45.3 Å². The Morgan fingerprint density at radius 2 is 1.94 bits per heavy atom. The molecule has 4 aromatic rings. The highest BCUT2D eigenvalue weighted by atomic mass is 35.5. The number of nitrogens with one attached hydrogen (secondary N) is 1. The van der Waals surface area contributed by atoms with Crippen LogP contribution < -0.4 is 5.32 Å². The van der Waals surface area contributed by atoms with Crippen molar-refractivity contribution in [2.45, 2.75) is 31.8 Å². The molecule has 3 atom stereocenters. The van der Waals surface area contributed by atoms with Gasteiger partial charge in [-0.3, -0.25) is 14.6 Å². The predicted octanol–water partition coefficient (Wildman–Crippen LogP) is 6.01. The average Bonchev–Trinajstić information content (AvgIpc) is 3.37. The quantitative estimate of drug-likeness (QED) is 0.339. The van der Waals surface area contributed by atoms with Crippen molar-refractivity contribution in [3.05, 3.63) is 81.0 Å². The molecule has 0 bridgehead atoms. The van der Waals surface area contributed by atoms with Crippen LogP contribution in [0, 0.1) is 12.8 Å². The Labute approximate surface area is 222 Å². The van der Waals surface area contributed by atoms with Crippen molar-refractivity contribution in [1.82, 2.24) is 20.2 Å². The number of carbonyl (C=O) groups excluding carboxylic acids is 2. The van der Waals surface area contributed by atoms with E-state index in [0.29, 0.717) is 39.3 Å². The summed E-state index contributed by atoms with van der Waals surface area (Å²) >= 11 is 13.8. The van der Waals surface area contributed by atoms with Crippen LogP contribution in [0.4, 0.5) is 0 Å². The fraction of sp³-hybridized carbons (Fsp3) is 0.259. The van der Waals surface area contributed by atoms with E-state index in [2.05, 4.69) is 15.3 Å². The highest BCUT2D eigenvalue weighted by Crippen LogP contribution is 2.49. The molecular weight excluding hydrogens is 515 g/mol. The first kappa shape index (κ1) is 23.4. The molecule has 6 nitrogen and oxygen atoms in total. The van der Waals surface area contributed by atoms with Crippen LogP contribution in [0.3, 0.4) is 0 Å². The number of aryl methyl sites for hydroxylation is 1. The molecule has 0 unspecified atom stereocenters. The summed E-state index contributed by atoms with van der Waals surface area (Å²) in [5.74, 6) is 0.188. The Morgan fingerprint density at radius 1 is 1.11 bits per heavy atom. The molecule has 1 saturated carbocycles. The largest absolute Gasteiger partial charge is 0.350 e. The van der Waals surface area contributed by atoms with Crippen molar-refractivity contribution in [2.75, 3.05) is 6.54 Å². The lowest BCUT2D eigenvalue weighted by molar-refractivity contribution is 0.0684. The number of hydrogen-bond donors (Lipinski definition) is 1. The van der Waals surface area contributed by atoms with Crippen LogP contribution >= 0.6 is 34.5 Å². The second-order valence-electron chi connectivity index (χ2n) is 9.30. The van der Waals surface area contributed by atoms with E-state index in [0.717, 1.165) is 33.7 Å². The number of thiazole rings is 1. The van der Waals surface area contributed by atoms with Crippen molar-refractivity contribution < 1.29 is 9.59 Å². The molecule has 9 heteroatoms. The number of para-hydroxylation sites is 1. The van der Waals surface area contributed by atoms with Gasteiger partial charge >= 0.3 is 0 Å². The van der Waals surface area contributed by atoms with Crippen LogP contribution in [0.25, 0.3) is 21.3 Å². The smallest absolute Gasteiger partial charge is 0.274 e. The highest BCUT2D eigenvalue weighted by Gasteiger charge is 2.54. The van der Waals surface area contributed by atoms with Gasteiger partial charge in [-0.05, 0) is 55.5 Å². The van der Waals surface area contributed by atoms with Gasteiger partial charge in [0.2, 0.25) is 0 Å². The number of benzene rings is 2. The number of amides is 2. The summed E-state index contributed by atoms with van der Waals surface area (Å²) < 4.78 is 0. The molecule has 1 N–H and O–H groups in total. The minimum Gasteiger partial charge on any atom is -0.350 e. The molecule has 182 valence electrons. The van der Waals surface area contributed by atoms with Crippen LogP contribution in [0.1, 0.15) is 38.7 Å². The van der Waals surface area contributed by atoms with Gasteiger partial charge in [-0.25, -0.2) is 4.98 Å². The Hall–Kier alpha value is -3.00. The van der Waals surface area contributed by atoms with Crippen molar-refractivity contribution in [3.8, 4) is 10.4 Å². The number of nitrogens with zero attached hydrogens (tertiary/aromatic N) is 3. The summed E-state index contributed by atoms with van der Waals surface area (Å²) in [6.45, 7) is 2.27. The first-order chi connectivity index (χ1) is 17.4. The van der Waals surface area contributed by atoms with Crippen LogP contribution in [-0.2, 0) is 0 Å². The van der Waals surface area contributed by atoms with E-state index in [1.807, 2.05) is 42.2 Å². The number of rotatable bonds is 5. The summed E-state index contributed by atoms with van der Waals surface area (Å²) in [7, 11) is 0. The maximum Gasteiger partial charge on any atom is 0.274 e. The third-order valence-electron chi connectivity index (χ3n) is 6.94. The number of halogens is 2. The summed E-state index contributed by atoms with van der Waals surface area (Å²) in [6.07, 6.45) is 3.55. The highest BCUT2D eigenvalue weighted by molar-refractivity contribution is 7.15. The molecule has 3 heterocycles. The van der Waals surface area contributed by atoms with Crippen LogP contribution in [0.2, 0.25) is 10.0 Å².